The van der Waals surface area contributed by atoms with E-state index in [9.17, 15) is 0 Å². The maximum Gasteiger partial charge on any atom is 0.191 e. The Morgan fingerprint density at radius 1 is 1.24 bits per heavy atom. The predicted octanol–water partition coefficient (Wildman–Crippen LogP) is 3.63. The summed E-state index contributed by atoms with van der Waals surface area (Å²) in [5.74, 6) is 0.896. The topological polar surface area (TPSA) is 25.0 Å². The highest BCUT2D eigenvalue weighted by Crippen LogP contribution is 2.35. The smallest absolute Gasteiger partial charge is 0.191 e. The summed E-state index contributed by atoms with van der Waals surface area (Å²) < 4.78 is 5.55. The van der Waals surface area contributed by atoms with Crippen molar-refractivity contribution in [3.63, 3.8) is 0 Å². The molecule has 1 N–H and O–H groups in total. The summed E-state index contributed by atoms with van der Waals surface area (Å²) >= 11 is 0. The van der Waals surface area contributed by atoms with Crippen molar-refractivity contribution in [3.05, 3.63) is 47.2 Å². The number of rotatable bonds is 2. The minimum atomic E-state index is 0.709. The first-order valence-electron chi connectivity index (χ1n) is 6.29. The molecule has 88 valence electrons. The van der Waals surface area contributed by atoms with Gasteiger partial charge in [0.05, 0.1) is 12.3 Å². The van der Waals surface area contributed by atoms with Gasteiger partial charge in [-0.25, -0.2) is 0 Å². The third kappa shape index (κ3) is 1.84. The van der Waals surface area contributed by atoms with E-state index in [2.05, 4.69) is 35.4 Å². The number of hydrogen-bond acceptors (Lipinski definition) is 1. The Kier molecular flexibility index (Phi) is 2.63. The van der Waals surface area contributed by atoms with E-state index in [0.717, 1.165) is 25.1 Å². The second-order valence-corrected chi connectivity index (χ2v) is 4.45. The maximum atomic E-state index is 5.55. The molecule has 2 aliphatic rings. The first-order chi connectivity index (χ1) is 8.38. The van der Waals surface area contributed by atoms with E-state index < -0.39 is 0 Å². The summed E-state index contributed by atoms with van der Waals surface area (Å²) in [7, 11) is 0. The Labute approximate surface area is 102 Å². The van der Waals surface area contributed by atoms with Gasteiger partial charge in [0, 0.05) is 11.6 Å². The average molecular weight is 227 g/mol. The first-order valence-corrected chi connectivity index (χ1v) is 6.29. The second kappa shape index (κ2) is 4.28. The van der Waals surface area contributed by atoms with E-state index in [-0.39, 0.29) is 0 Å². The summed E-state index contributed by atoms with van der Waals surface area (Å²) in [4.78, 5) is 3.40. The molecule has 0 fully saturated rings. The molecule has 0 amide bonds. The molecule has 2 heteroatoms. The standard InChI is InChI=1S/C15H17NO/c1-2-17-14-10-12-9-8-11-6-4-3-5-7-13(11)15(12)16-14/h4-7,10,16H,2-3,8-9H2,1H3. The van der Waals surface area contributed by atoms with E-state index in [1.807, 2.05) is 6.92 Å². The van der Waals surface area contributed by atoms with E-state index in [4.69, 9.17) is 4.74 Å². The number of fused-ring (bicyclic) bond motifs is 2. The van der Waals surface area contributed by atoms with Gasteiger partial charge in [-0.1, -0.05) is 24.3 Å². The average Bonchev–Trinajstić information content (AvgIpc) is 2.59. The summed E-state index contributed by atoms with van der Waals surface area (Å²) in [5, 5.41) is 0. The van der Waals surface area contributed by atoms with Crippen LogP contribution in [-0.2, 0) is 6.42 Å². The van der Waals surface area contributed by atoms with Gasteiger partial charge in [-0.05, 0) is 37.3 Å². The van der Waals surface area contributed by atoms with Gasteiger partial charge in [-0.15, -0.1) is 0 Å². The van der Waals surface area contributed by atoms with Crippen molar-refractivity contribution in [1.82, 2.24) is 4.98 Å². The minimum Gasteiger partial charge on any atom is -0.479 e. The number of aromatic nitrogens is 1. The largest absolute Gasteiger partial charge is 0.479 e. The molecule has 1 heterocycles. The lowest BCUT2D eigenvalue weighted by Crippen LogP contribution is -2.01. The highest BCUT2D eigenvalue weighted by atomic mass is 16.5. The molecule has 0 saturated carbocycles. The van der Waals surface area contributed by atoms with E-state index in [1.54, 1.807) is 0 Å². The molecule has 0 unspecified atom stereocenters. The van der Waals surface area contributed by atoms with Crippen LogP contribution in [0.1, 0.15) is 31.0 Å². The molecule has 3 rings (SSSR count). The highest BCUT2D eigenvalue weighted by Gasteiger charge is 2.19. The van der Waals surface area contributed by atoms with E-state index in [1.165, 1.54) is 22.4 Å². The molecule has 1 aromatic heterocycles. The molecule has 0 spiro atoms. The van der Waals surface area contributed by atoms with Gasteiger partial charge in [-0.3, -0.25) is 0 Å². The SMILES string of the molecule is CCOc1cc2c([nH]1)C1=C(C=CCC=C1)CC2. The van der Waals surface area contributed by atoms with Crippen molar-refractivity contribution >= 4 is 5.57 Å². The third-order valence-corrected chi connectivity index (χ3v) is 3.33. The van der Waals surface area contributed by atoms with Crippen molar-refractivity contribution in [2.24, 2.45) is 0 Å². The summed E-state index contributed by atoms with van der Waals surface area (Å²) in [5.41, 5.74) is 5.41. The molecular formula is C15H17NO. The minimum absolute atomic E-state index is 0.709. The fourth-order valence-electron chi connectivity index (χ4n) is 2.54. The van der Waals surface area contributed by atoms with Crippen LogP contribution in [-0.4, -0.2) is 11.6 Å². The summed E-state index contributed by atoms with van der Waals surface area (Å²) in [6.45, 7) is 2.72. The van der Waals surface area contributed by atoms with Gasteiger partial charge in [0.2, 0.25) is 0 Å². The molecule has 0 bridgehead atoms. The van der Waals surface area contributed by atoms with Crippen LogP contribution in [0.4, 0.5) is 0 Å². The fourth-order valence-corrected chi connectivity index (χ4v) is 2.54. The number of ether oxygens (including phenoxy) is 1. The Balaban J connectivity index is 2.06. The van der Waals surface area contributed by atoms with Crippen molar-refractivity contribution in [2.75, 3.05) is 6.61 Å². The zero-order valence-electron chi connectivity index (χ0n) is 10.1. The summed E-state index contributed by atoms with van der Waals surface area (Å²) in [6.07, 6.45) is 12.2. The third-order valence-electron chi connectivity index (χ3n) is 3.33. The molecule has 0 radical (unpaired) electrons. The van der Waals surface area contributed by atoms with Crippen molar-refractivity contribution < 1.29 is 4.74 Å². The lowest BCUT2D eigenvalue weighted by molar-refractivity contribution is 0.328. The molecule has 0 atom stereocenters. The zero-order chi connectivity index (χ0) is 11.7. The molecule has 0 aliphatic heterocycles. The van der Waals surface area contributed by atoms with Gasteiger partial charge in [0.1, 0.15) is 0 Å². The lowest BCUT2D eigenvalue weighted by atomic mass is 9.90. The monoisotopic (exact) mass is 227 g/mol. The van der Waals surface area contributed by atoms with Crippen molar-refractivity contribution in [2.45, 2.75) is 26.2 Å². The number of nitrogens with one attached hydrogen (secondary N) is 1. The Hall–Kier alpha value is -1.70. The van der Waals surface area contributed by atoms with Gasteiger partial charge in [0.25, 0.3) is 0 Å². The Morgan fingerprint density at radius 3 is 3.00 bits per heavy atom. The van der Waals surface area contributed by atoms with Gasteiger partial charge in [-0.2, -0.15) is 0 Å². The molecule has 2 aliphatic carbocycles. The fraction of sp³-hybridized carbons (Fsp3) is 0.333. The molecular weight excluding hydrogens is 210 g/mol. The lowest BCUT2D eigenvalue weighted by Gasteiger charge is -2.15. The van der Waals surface area contributed by atoms with Gasteiger partial charge < -0.3 is 9.72 Å². The van der Waals surface area contributed by atoms with Gasteiger partial charge >= 0.3 is 0 Å². The number of aryl methyl sites for hydroxylation is 1. The summed E-state index contributed by atoms with van der Waals surface area (Å²) in [6, 6.07) is 2.14. The predicted molar refractivity (Wildman–Crippen MR) is 70.1 cm³/mol. The van der Waals surface area contributed by atoms with Crippen LogP contribution in [0.15, 0.2) is 35.9 Å². The Morgan fingerprint density at radius 2 is 2.12 bits per heavy atom. The number of aromatic amines is 1. The van der Waals surface area contributed by atoms with E-state index in [0.29, 0.717) is 6.61 Å². The van der Waals surface area contributed by atoms with Crippen molar-refractivity contribution in [1.29, 1.82) is 0 Å². The van der Waals surface area contributed by atoms with Crippen LogP contribution in [0, 0.1) is 0 Å². The van der Waals surface area contributed by atoms with Crippen LogP contribution in [0.5, 0.6) is 5.88 Å². The second-order valence-electron chi connectivity index (χ2n) is 4.45. The molecule has 0 saturated heterocycles. The van der Waals surface area contributed by atoms with Crippen LogP contribution in [0.2, 0.25) is 0 Å². The molecule has 17 heavy (non-hydrogen) atoms. The van der Waals surface area contributed by atoms with Crippen molar-refractivity contribution in [3.8, 4) is 5.88 Å². The quantitative estimate of drug-likeness (QED) is 0.820. The maximum absolute atomic E-state index is 5.55. The van der Waals surface area contributed by atoms with Crippen LogP contribution < -0.4 is 4.74 Å². The first kappa shape index (κ1) is 10.5. The highest BCUT2D eigenvalue weighted by molar-refractivity contribution is 5.81. The Bertz CT molecular complexity index is 517. The normalized spacial score (nSPS) is 17.7. The van der Waals surface area contributed by atoms with Crippen LogP contribution >= 0.6 is 0 Å². The van der Waals surface area contributed by atoms with E-state index >= 15 is 0 Å². The number of H-pyrrole nitrogens is 1. The number of allylic oxidation sites excluding steroid dienone is 6. The molecule has 2 nitrogen and oxygen atoms in total. The molecule has 0 aromatic carbocycles. The van der Waals surface area contributed by atoms with Gasteiger partial charge in [0.15, 0.2) is 5.88 Å². The zero-order valence-corrected chi connectivity index (χ0v) is 10.1. The van der Waals surface area contributed by atoms with Crippen LogP contribution in [0.25, 0.3) is 5.57 Å². The number of hydrogen-bond donors (Lipinski definition) is 1. The molecule has 1 aromatic rings. The van der Waals surface area contributed by atoms with Crippen LogP contribution in [0.3, 0.4) is 0 Å².